The van der Waals surface area contributed by atoms with E-state index in [2.05, 4.69) is 0 Å². The number of amides is 1. The van der Waals surface area contributed by atoms with Gasteiger partial charge in [-0.25, -0.2) is 10.7 Å². The van der Waals surface area contributed by atoms with Crippen LogP contribution in [0.1, 0.15) is 33.6 Å². The highest BCUT2D eigenvalue weighted by atomic mass is 16.6. The van der Waals surface area contributed by atoms with Crippen LogP contribution in [-0.4, -0.2) is 49.5 Å². The van der Waals surface area contributed by atoms with Crippen molar-refractivity contribution < 1.29 is 19.1 Å². The molecule has 0 aromatic heterocycles. The lowest BCUT2D eigenvalue weighted by Crippen LogP contribution is -2.40. The van der Waals surface area contributed by atoms with Crippen molar-refractivity contribution in [2.45, 2.75) is 39.2 Å². The molecule has 0 saturated carbocycles. The number of ether oxygens (including phenoxy) is 2. The van der Waals surface area contributed by atoms with Gasteiger partial charge in [0.2, 0.25) is 0 Å². The number of nitrogens with two attached hydrogens (primary N) is 1. The van der Waals surface area contributed by atoms with Gasteiger partial charge in [0.05, 0.1) is 6.61 Å². The summed E-state index contributed by atoms with van der Waals surface area (Å²) < 4.78 is 10.9. The molecule has 2 heterocycles. The number of hydrogen-bond acceptors (Lipinski definition) is 5. The average molecular weight is 286 g/mol. The molecule has 0 radical (unpaired) electrons. The summed E-state index contributed by atoms with van der Waals surface area (Å²) in [6.07, 6.45) is 1.64. The van der Waals surface area contributed by atoms with E-state index in [1.807, 2.05) is 20.8 Å². The summed E-state index contributed by atoms with van der Waals surface area (Å²) in [5.74, 6) is 5.51. The molecule has 20 heavy (non-hydrogen) atoms. The van der Waals surface area contributed by atoms with Crippen molar-refractivity contribution in [2.75, 3.05) is 32.9 Å². The zero-order valence-corrected chi connectivity index (χ0v) is 12.7. The molecule has 2 aliphatic heterocycles. The summed E-state index contributed by atoms with van der Waals surface area (Å²) in [6.45, 7) is 8.94. The maximum absolute atomic E-state index is 12.2. The third kappa shape index (κ3) is 3.42. The van der Waals surface area contributed by atoms with Gasteiger partial charge in [0.1, 0.15) is 5.60 Å². The fraction of sp³-hybridized carbons (Fsp3) is 0.929. The molecule has 2 fully saturated rings. The molecule has 0 aromatic carbocycles. The second-order valence-electron chi connectivity index (χ2n) is 6.87. The Labute approximate surface area is 120 Å². The van der Waals surface area contributed by atoms with Crippen molar-refractivity contribution in [2.24, 2.45) is 17.2 Å². The Kier molecular flexibility index (Phi) is 4.56. The smallest absolute Gasteiger partial charge is 0.410 e. The van der Waals surface area contributed by atoms with Gasteiger partial charge >= 0.3 is 6.09 Å². The standard InChI is InChI=1S/C14H26N2O4/c1-13(2,3)20-12(17)16-8-11(9-19-15)14(10-16)4-6-18-7-5-14/h11H,4-10,15H2,1-3H3. The molecule has 1 amide bonds. The SMILES string of the molecule is CC(C)(C)OC(=O)N1CC(CON)C2(CCOCC2)C1. The van der Waals surface area contributed by atoms with Crippen LogP contribution in [0.15, 0.2) is 0 Å². The van der Waals surface area contributed by atoms with E-state index < -0.39 is 5.60 Å². The molecule has 2 aliphatic rings. The minimum Gasteiger partial charge on any atom is -0.444 e. The molecular weight excluding hydrogens is 260 g/mol. The molecular formula is C14H26N2O4. The van der Waals surface area contributed by atoms with E-state index in [0.29, 0.717) is 19.7 Å². The summed E-state index contributed by atoms with van der Waals surface area (Å²) in [4.78, 5) is 18.9. The molecule has 116 valence electrons. The highest BCUT2D eigenvalue weighted by molar-refractivity contribution is 5.68. The molecule has 2 N–H and O–H groups in total. The van der Waals surface area contributed by atoms with Gasteiger partial charge < -0.3 is 19.2 Å². The quantitative estimate of drug-likeness (QED) is 0.779. The van der Waals surface area contributed by atoms with Crippen molar-refractivity contribution in [3.8, 4) is 0 Å². The van der Waals surface area contributed by atoms with Crippen LogP contribution in [0.25, 0.3) is 0 Å². The molecule has 6 nitrogen and oxygen atoms in total. The first-order valence-corrected chi connectivity index (χ1v) is 7.24. The molecule has 2 rings (SSSR count). The second-order valence-corrected chi connectivity index (χ2v) is 6.87. The number of likely N-dealkylation sites (tertiary alicyclic amines) is 1. The van der Waals surface area contributed by atoms with E-state index in [-0.39, 0.29) is 17.4 Å². The molecule has 1 spiro atoms. The van der Waals surface area contributed by atoms with Crippen LogP contribution >= 0.6 is 0 Å². The minimum atomic E-state index is -0.470. The van der Waals surface area contributed by atoms with Crippen LogP contribution in [-0.2, 0) is 14.3 Å². The molecule has 0 bridgehead atoms. The third-order valence-corrected chi connectivity index (χ3v) is 4.25. The zero-order chi connectivity index (χ0) is 14.8. The monoisotopic (exact) mass is 286 g/mol. The van der Waals surface area contributed by atoms with Gasteiger partial charge in [-0.05, 0) is 39.0 Å². The molecule has 0 aromatic rings. The first-order valence-electron chi connectivity index (χ1n) is 7.24. The first kappa shape index (κ1) is 15.5. The number of rotatable bonds is 2. The van der Waals surface area contributed by atoms with Gasteiger partial charge in [0.25, 0.3) is 0 Å². The van der Waals surface area contributed by atoms with Crippen LogP contribution in [0.4, 0.5) is 4.79 Å². The third-order valence-electron chi connectivity index (χ3n) is 4.25. The number of carbonyl (C=O) groups excluding carboxylic acids is 1. The molecule has 2 saturated heterocycles. The summed E-state index contributed by atoms with van der Waals surface area (Å²) >= 11 is 0. The Hall–Kier alpha value is -0.850. The maximum Gasteiger partial charge on any atom is 0.410 e. The summed E-state index contributed by atoms with van der Waals surface area (Å²) in [5, 5.41) is 0. The van der Waals surface area contributed by atoms with Gasteiger partial charge in [0.15, 0.2) is 0 Å². The van der Waals surface area contributed by atoms with Crippen molar-refractivity contribution in [3.05, 3.63) is 0 Å². The fourth-order valence-corrected chi connectivity index (χ4v) is 3.19. The highest BCUT2D eigenvalue weighted by Gasteiger charge is 2.49. The topological polar surface area (TPSA) is 74.0 Å². The minimum absolute atomic E-state index is 0.0640. The van der Waals surface area contributed by atoms with Crippen LogP contribution in [0.5, 0.6) is 0 Å². The summed E-state index contributed by atoms with van der Waals surface area (Å²) in [5.41, 5.74) is -0.406. The molecule has 1 unspecified atom stereocenters. The van der Waals surface area contributed by atoms with Crippen LogP contribution in [0.2, 0.25) is 0 Å². The van der Waals surface area contributed by atoms with E-state index in [1.54, 1.807) is 4.90 Å². The van der Waals surface area contributed by atoms with Crippen molar-refractivity contribution in [1.82, 2.24) is 4.90 Å². The van der Waals surface area contributed by atoms with Gasteiger partial charge in [-0.1, -0.05) is 0 Å². The lowest BCUT2D eigenvalue weighted by Gasteiger charge is -2.37. The van der Waals surface area contributed by atoms with Crippen LogP contribution in [0.3, 0.4) is 0 Å². The molecule has 6 heteroatoms. The summed E-state index contributed by atoms with van der Waals surface area (Å²) in [7, 11) is 0. The Morgan fingerprint density at radius 3 is 2.60 bits per heavy atom. The van der Waals surface area contributed by atoms with E-state index in [9.17, 15) is 4.79 Å². The highest BCUT2D eigenvalue weighted by Crippen LogP contribution is 2.44. The second kappa shape index (κ2) is 5.87. The Balaban J connectivity index is 2.05. The molecule has 1 atom stereocenters. The van der Waals surface area contributed by atoms with E-state index in [1.165, 1.54) is 0 Å². The van der Waals surface area contributed by atoms with Crippen LogP contribution in [0, 0.1) is 11.3 Å². The lowest BCUT2D eigenvalue weighted by atomic mass is 9.72. The Morgan fingerprint density at radius 1 is 1.40 bits per heavy atom. The zero-order valence-electron chi connectivity index (χ0n) is 12.7. The number of nitrogens with zero attached hydrogens (tertiary/aromatic N) is 1. The predicted molar refractivity (Wildman–Crippen MR) is 73.9 cm³/mol. The maximum atomic E-state index is 12.2. The van der Waals surface area contributed by atoms with Crippen molar-refractivity contribution >= 4 is 6.09 Å². The Bertz CT molecular complexity index is 348. The van der Waals surface area contributed by atoms with Gasteiger partial charge in [0, 0.05) is 32.2 Å². The van der Waals surface area contributed by atoms with Crippen molar-refractivity contribution in [1.29, 1.82) is 0 Å². The molecule has 0 aliphatic carbocycles. The average Bonchev–Trinajstić information content (AvgIpc) is 2.68. The van der Waals surface area contributed by atoms with Crippen LogP contribution < -0.4 is 5.90 Å². The van der Waals surface area contributed by atoms with Crippen molar-refractivity contribution in [3.63, 3.8) is 0 Å². The normalized spacial score (nSPS) is 26.0. The van der Waals surface area contributed by atoms with E-state index >= 15 is 0 Å². The van der Waals surface area contributed by atoms with Gasteiger partial charge in [-0.2, -0.15) is 0 Å². The lowest BCUT2D eigenvalue weighted by molar-refractivity contribution is -0.0246. The fourth-order valence-electron chi connectivity index (χ4n) is 3.19. The Morgan fingerprint density at radius 2 is 2.05 bits per heavy atom. The van der Waals surface area contributed by atoms with Gasteiger partial charge in [-0.3, -0.25) is 0 Å². The predicted octanol–water partition coefficient (Wildman–Crippen LogP) is 1.54. The van der Waals surface area contributed by atoms with E-state index in [4.69, 9.17) is 20.2 Å². The largest absolute Gasteiger partial charge is 0.444 e. The van der Waals surface area contributed by atoms with E-state index in [0.717, 1.165) is 26.1 Å². The summed E-state index contributed by atoms with van der Waals surface area (Å²) in [6, 6.07) is 0. The number of hydrogen-bond donors (Lipinski definition) is 1. The number of carbonyl (C=O) groups is 1. The van der Waals surface area contributed by atoms with Gasteiger partial charge in [-0.15, -0.1) is 0 Å². The first-order chi connectivity index (χ1) is 9.36.